The van der Waals surface area contributed by atoms with E-state index in [2.05, 4.69) is 70.2 Å². The lowest BCUT2D eigenvalue weighted by Gasteiger charge is -2.11. The molecule has 7 rings (SSSR count). The second kappa shape index (κ2) is 7.61. The molecule has 5 heteroatoms. The standard InChI is InChI=1S/C29H18N4S/c1-3-9-19(10-4-1)23-17-24(20-11-5-2-6-12-20)32-29(31-23)33-25-14-8-7-13-21(25)28-27(33)22-18-30-16-15-26(22)34-28/h1-18H. The van der Waals surface area contributed by atoms with Crippen LogP contribution in [-0.2, 0) is 0 Å². The van der Waals surface area contributed by atoms with Gasteiger partial charge in [-0.05, 0) is 18.2 Å². The molecule has 0 aliphatic carbocycles. The smallest absolute Gasteiger partial charge is 0.235 e. The highest BCUT2D eigenvalue weighted by molar-refractivity contribution is 7.26. The van der Waals surface area contributed by atoms with Gasteiger partial charge in [0.1, 0.15) is 0 Å². The highest BCUT2D eigenvalue weighted by atomic mass is 32.1. The van der Waals surface area contributed by atoms with E-state index in [1.54, 1.807) is 11.3 Å². The van der Waals surface area contributed by atoms with Crippen molar-refractivity contribution in [3.8, 4) is 28.5 Å². The normalized spacial score (nSPS) is 11.5. The van der Waals surface area contributed by atoms with Gasteiger partial charge in [0, 0.05) is 39.0 Å². The molecule has 0 atom stereocenters. The Kier molecular flexibility index (Phi) is 4.29. The highest BCUT2D eigenvalue weighted by Crippen LogP contribution is 2.41. The zero-order chi connectivity index (χ0) is 22.5. The molecule has 0 spiro atoms. The summed E-state index contributed by atoms with van der Waals surface area (Å²) in [6.45, 7) is 0. The van der Waals surface area contributed by atoms with Gasteiger partial charge in [-0.2, -0.15) is 0 Å². The maximum absolute atomic E-state index is 5.09. The van der Waals surface area contributed by atoms with Crippen LogP contribution in [0.4, 0.5) is 0 Å². The fourth-order valence-corrected chi connectivity index (χ4v) is 5.76. The minimum Gasteiger partial charge on any atom is -0.276 e. The third kappa shape index (κ3) is 2.95. The predicted octanol–water partition coefficient (Wildman–Crippen LogP) is 7.52. The van der Waals surface area contributed by atoms with Gasteiger partial charge in [0.25, 0.3) is 0 Å². The fourth-order valence-electron chi connectivity index (χ4n) is 4.57. The molecule has 3 aromatic carbocycles. The van der Waals surface area contributed by atoms with Crippen LogP contribution in [0.5, 0.6) is 0 Å². The van der Waals surface area contributed by atoms with Crippen LogP contribution in [0.25, 0.3) is 59.7 Å². The molecule has 34 heavy (non-hydrogen) atoms. The van der Waals surface area contributed by atoms with Gasteiger partial charge in [-0.25, -0.2) is 9.97 Å². The van der Waals surface area contributed by atoms with Crippen molar-refractivity contribution >= 4 is 42.5 Å². The summed E-state index contributed by atoms with van der Waals surface area (Å²) in [6, 6.07) is 33.2. The molecule has 0 N–H and O–H groups in total. The maximum atomic E-state index is 5.09. The second-order valence-corrected chi connectivity index (χ2v) is 9.23. The number of benzene rings is 3. The van der Waals surface area contributed by atoms with E-state index >= 15 is 0 Å². The molecule has 0 saturated carbocycles. The first-order valence-electron chi connectivity index (χ1n) is 11.1. The molecular formula is C29H18N4S. The summed E-state index contributed by atoms with van der Waals surface area (Å²) < 4.78 is 4.64. The molecule has 0 bridgehead atoms. The van der Waals surface area contributed by atoms with Crippen molar-refractivity contribution < 1.29 is 0 Å². The Balaban J connectivity index is 1.61. The van der Waals surface area contributed by atoms with E-state index < -0.39 is 0 Å². The van der Waals surface area contributed by atoms with Crippen LogP contribution in [0.15, 0.2) is 109 Å². The molecule has 0 aliphatic heterocycles. The van der Waals surface area contributed by atoms with Crippen LogP contribution in [0.3, 0.4) is 0 Å². The molecule has 160 valence electrons. The van der Waals surface area contributed by atoms with Crippen molar-refractivity contribution in [3.63, 3.8) is 0 Å². The number of para-hydroxylation sites is 1. The van der Waals surface area contributed by atoms with Gasteiger partial charge in [0.05, 0.1) is 27.1 Å². The number of hydrogen-bond donors (Lipinski definition) is 0. The largest absolute Gasteiger partial charge is 0.276 e. The molecule has 4 nitrogen and oxygen atoms in total. The summed E-state index contributed by atoms with van der Waals surface area (Å²) >= 11 is 1.79. The van der Waals surface area contributed by atoms with Crippen molar-refractivity contribution in [1.82, 2.24) is 19.5 Å². The Morgan fingerprint density at radius 1 is 0.647 bits per heavy atom. The maximum Gasteiger partial charge on any atom is 0.235 e. The average molecular weight is 455 g/mol. The number of thiophene rings is 1. The van der Waals surface area contributed by atoms with Gasteiger partial charge in [0.2, 0.25) is 5.95 Å². The average Bonchev–Trinajstić information content (AvgIpc) is 3.44. The van der Waals surface area contributed by atoms with Gasteiger partial charge in [-0.15, -0.1) is 11.3 Å². The zero-order valence-electron chi connectivity index (χ0n) is 18.1. The van der Waals surface area contributed by atoms with Crippen molar-refractivity contribution in [2.75, 3.05) is 0 Å². The molecule has 0 radical (unpaired) electrons. The van der Waals surface area contributed by atoms with Crippen LogP contribution in [0.2, 0.25) is 0 Å². The Labute approximate surface area is 199 Å². The first-order chi connectivity index (χ1) is 16.9. The minimum absolute atomic E-state index is 0.662. The number of fused-ring (bicyclic) bond motifs is 5. The monoisotopic (exact) mass is 454 g/mol. The van der Waals surface area contributed by atoms with E-state index in [0.29, 0.717) is 5.95 Å². The van der Waals surface area contributed by atoms with Gasteiger partial charge < -0.3 is 0 Å². The summed E-state index contributed by atoms with van der Waals surface area (Å²) in [5, 5.41) is 2.32. The molecule has 0 saturated heterocycles. The van der Waals surface area contributed by atoms with E-state index in [1.165, 1.54) is 14.8 Å². The fraction of sp³-hybridized carbons (Fsp3) is 0. The molecule has 0 unspecified atom stereocenters. The Hall–Kier alpha value is -4.35. The third-order valence-corrected chi connectivity index (χ3v) is 7.32. The molecule has 0 amide bonds. The van der Waals surface area contributed by atoms with Gasteiger partial charge in [-0.1, -0.05) is 78.9 Å². The van der Waals surface area contributed by atoms with Crippen LogP contribution < -0.4 is 0 Å². The van der Waals surface area contributed by atoms with Crippen molar-refractivity contribution in [2.45, 2.75) is 0 Å². The van der Waals surface area contributed by atoms with E-state index in [9.17, 15) is 0 Å². The van der Waals surface area contributed by atoms with E-state index in [4.69, 9.17) is 9.97 Å². The van der Waals surface area contributed by atoms with E-state index in [-0.39, 0.29) is 0 Å². The second-order valence-electron chi connectivity index (χ2n) is 8.17. The van der Waals surface area contributed by atoms with E-state index in [0.717, 1.165) is 38.9 Å². The first-order valence-corrected chi connectivity index (χ1v) is 11.9. The molecule has 4 aromatic heterocycles. The third-order valence-electron chi connectivity index (χ3n) is 6.13. The number of aromatic nitrogens is 4. The Bertz CT molecular complexity index is 1740. The summed E-state index contributed by atoms with van der Waals surface area (Å²) in [5.74, 6) is 0.662. The number of pyridine rings is 1. The minimum atomic E-state index is 0.662. The lowest BCUT2D eigenvalue weighted by Crippen LogP contribution is -2.04. The van der Waals surface area contributed by atoms with Gasteiger partial charge >= 0.3 is 0 Å². The Morgan fingerprint density at radius 3 is 2.00 bits per heavy atom. The highest BCUT2D eigenvalue weighted by Gasteiger charge is 2.20. The number of rotatable bonds is 3. The SMILES string of the molecule is c1ccc(-c2cc(-c3ccccc3)nc(-n3c4ccccc4c4sc5ccncc5c43)n2)cc1. The summed E-state index contributed by atoms with van der Waals surface area (Å²) in [7, 11) is 0. The molecule has 7 aromatic rings. The summed E-state index contributed by atoms with van der Waals surface area (Å²) in [5.41, 5.74) is 6.12. The van der Waals surface area contributed by atoms with Gasteiger partial charge in [-0.3, -0.25) is 9.55 Å². The zero-order valence-corrected chi connectivity index (χ0v) is 18.9. The van der Waals surface area contributed by atoms with Gasteiger partial charge in [0.15, 0.2) is 0 Å². The molecule has 0 fully saturated rings. The lowest BCUT2D eigenvalue weighted by atomic mass is 10.1. The molecule has 0 aliphatic rings. The quantitative estimate of drug-likeness (QED) is 0.277. The predicted molar refractivity (Wildman–Crippen MR) is 140 cm³/mol. The number of nitrogens with zero attached hydrogens (tertiary/aromatic N) is 4. The summed E-state index contributed by atoms with van der Waals surface area (Å²) in [4.78, 5) is 14.6. The van der Waals surface area contributed by atoms with Crippen LogP contribution >= 0.6 is 11.3 Å². The van der Waals surface area contributed by atoms with Crippen LogP contribution in [0.1, 0.15) is 0 Å². The Morgan fingerprint density at radius 2 is 1.29 bits per heavy atom. The topological polar surface area (TPSA) is 43.6 Å². The van der Waals surface area contributed by atoms with Crippen LogP contribution in [0, 0.1) is 0 Å². The molecular weight excluding hydrogens is 436 g/mol. The van der Waals surface area contributed by atoms with Crippen molar-refractivity contribution in [2.24, 2.45) is 0 Å². The lowest BCUT2D eigenvalue weighted by molar-refractivity contribution is 0.998. The molecule has 4 heterocycles. The van der Waals surface area contributed by atoms with Crippen LogP contribution in [-0.4, -0.2) is 19.5 Å². The van der Waals surface area contributed by atoms with Crippen molar-refractivity contribution in [3.05, 3.63) is 109 Å². The first kappa shape index (κ1) is 19.1. The van der Waals surface area contributed by atoms with Crippen molar-refractivity contribution in [1.29, 1.82) is 0 Å². The van der Waals surface area contributed by atoms with E-state index in [1.807, 2.05) is 48.8 Å². The number of hydrogen-bond acceptors (Lipinski definition) is 4. The summed E-state index contributed by atoms with van der Waals surface area (Å²) in [6.07, 6.45) is 3.80.